The number of nitrogens with one attached hydrogen (secondary N) is 3. The van der Waals surface area contributed by atoms with Gasteiger partial charge < -0.3 is 24.7 Å². The fourth-order valence-corrected chi connectivity index (χ4v) is 3.10. The third-order valence-electron chi connectivity index (χ3n) is 4.40. The van der Waals surface area contributed by atoms with Gasteiger partial charge in [0.15, 0.2) is 17.2 Å². The number of aromatic amines is 1. The van der Waals surface area contributed by atoms with E-state index in [1.165, 1.54) is 0 Å². The normalized spacial score (nSPS) is 10.4. The van der Waals surface area contributed by atoms with Crippen LogP contribution in [-0.2, 0) is 17.9 Å². The third-order valence-corrected chi connectivity index (χ3v) is 4.71. The molecule has 0 spiro atoms. The van der Waals surface area contributed by atoms with Crippen LogP contribution in [0.1, 0.15) is 23.1 Å². The Morgan fingerprint density at radius 3 is 2.65 bits per heavy atom. The van der Waals surface area contributed by atoms with Crippen LogP contribution in [0.15, 0.2) is 48.5 Å². The summed E-state index contributed by atoms with van der Waals surface area (Å²) in [5.41, 5.74) is 1.08. The SMILES string of the molecule is CCn1c(CNC(=O)c2ccc(OCC(=O)Nc3cccc(OC)c3)cc2)n[nH]c1=S. The smallest absolute Gasteiger partial charge is 0.262 e. The Labute approximate surface area is 184 Å². The summed E-state index contributed by atoms with van der Waals surface area (Å²) in [4.78, 5) is 24.4. The summed E-state index contributed by atoms with van der Waals surface area (Å²) >= 11 is 5.13. The van der Waals surface area contributed by atoms with Crippen LogP contribution in [-0.4, -0.2) is 40.3 Å². The van der Waals surface area contributed by atoms with Crippen LogP contribution >= 0.6 is 12.2 Å². The fraction of sp³-hybridized carbons (Fsp3) is 0.238. The van der Waals surface area contributed by atoms with E-state index < -0.39 is 0 Å². The zero-order valence-electron chi connectivity index (χ0n) is 17.2. The Kier molecular flexibility index (Phi) is 7.39. The lowest BCUT2D eigenvalue weighted by Gasteiger charge is -2.09. The van der Waals surface area contributed by atoms with Crippen molar-refractivity contribution in [1.82, 2.24) is 20.1 Å². The van der Waals surface area contributed by atoms with Crippen molar-refractivity contribution in [2.75, 3.05) is 19.0 Å². The molecule has 0 unspecified atom stereocenters. The number of hydrogen-bond acceptors (Lipinski definition) is 6. The molecule has 0 saturated heterocycles. The molecule has 2 aromatic carbocycles. The number of nitrogens with zero attached hydrogens (tertiary/aromatic N) is 2. The van der Waals surface area contributed by atoms with E-state index in [0.29, 0.717) is 39.9 Å². The lowest BCUT2D eigenvalue weighted by atomic mass is 10.2. The first-order valence-electron chi connectivity index (χ1n) is 9.59. The van der Waals surface area contributed by atoms with E-state index in [0.717, 1.165) is 0 Å². The largest absolute Gasteiger partial charge is 0.497 e. The minimum Gasteiger partial charge on any atom is -0.497 e. The summed E-state index contributed by atoms with van der Waals surface area (Å²) in [7, 11) is 1.56. The van der Waals surface area contributed by atoms with Crippen molar-refractivity contribution in [2.24, 2.45) is 0 Å². The average molecular weight is 442 g/mol. The van der Waals surface area contributed by atoms with Gasteiger partial charge in [0.2, 0.25) is 0 Å². The maximum absolute atomic E-state index is 12.4. The summed E-state index contributed by atoms with van der Waals surface area (Å²) in [5, 5.41) is 12.4. The Bertz CT molecular complexity index is 1110. The first-order chi connectivity index (χ1) is 15.0. The quantitative estimate of drug-likeness (QED) is 0.441. The number of rotatable bonds is 9. The van der Waals surface area contributed by atoms with Crippen LogP contribution in [0.4, 0.5) is 5.69 Å². The third kappa shape index (κ3) is 5.92. The molecule has 0 bridgehead atoms. The van der Waals surface area contributed by atoms with E-state index in [1.54, 1.807) is 55.6 Å². The zero-order valence-corrected chi connectivity index (χ0v) is 18.0. The second-order valence-corrected chi connectivity index (χ2v) is 6.85. The van der Waals surface area contributed by atoms with Gasteiger partial charge in [-0.05, 0) is 55.5 Å². The topological polar surface area (TPSA) is 110 Å². The maximum Gasteiger partial charge on any atom is 0.262 e. The van der Waals surface area contributed by atoms with E-state index in [1.807, 2.05) is 11.5 Å². The molecule has 1 aromatic heterocycles. The Morgan fingerprint density at radius 2 is 1.94 bits per heavy atom. The molecule has 0 aliphatic heterocycles. The van der Waals surface area contributed by atoms with Crippen molar-refractivity contribution < 1.29 is 19.1 Å². The molecule has 9 nitrogen and oxygen atoms in total. The molecule has 0 aliphatic rings. The van der Waals surface area contributed by atoms with Gasteiger partial charge in [0.05, 0.1) is 13.7 Å². The summed E-state index contributed by atoms with van der Waals surface area (Å²) in [6, 6.07) is 13.6. The molecule has 0 fully saturated rings. The number of aromatic nitrogens is 3. The molecule has 10 heteroatoms. The van der Waals surface area contributed by atoms with E-state index in [-0.39, 0.29) is 25.0 Å². The van der Waals surface area contributed by atoms with Crippen LogP contribution in [0, 0.1) is 4.77 Å². The van der Waals surface area contributed by atoms with Crippen molar-refractivity contribution >= 4 is 29.7 Å². The molecule has 0 radical (unpaired) electrons. The second kappa shape index (κ2) is 10.4. The van der Waals surface area contributed by atoms with Crippen molar-refractivity contribution in [3.05, 3.63) is 64.7 Å². The molecule has 2 amide bonds. The highest BCUT2D eigenvalue weighted by molar-refractivity contribution is 7.71. The monoisotopic (exact) mass is 441 g/mol. The van der Waals surface area contributed by atoms with Gasteiger partial charge in [-0.1, -0.05) is 6.07 Å². The Balaban J connectivity index is 1.49. The minimum atomic E-state index is -0.306. The highest BCUT2D eigenvalue weighted by Gasteiger charge is 2.10. The number of methoxy groups -OCH3 is 1. The molecule has 162 valence electrons. The predicted octanol–water partition coefficient (Wildman–Crippen LogP) is 2.92. The number of carbonyl (C=O) groups excluding carboxylic acids is 2. The molecule has 3 N–H and O–H groups in total. The Morgan fingerprint density at radius 1 is 1.16 bits per heavy atom. The van der Waals surface area contributed by atoms with Crippen molar-refractivity contribution in [2.45, 2.75) is 20.0 Å². The molecule has 0 saturated carbocycles. The first-order valence-corrected chi connectivity index (χ1v) is 10.00. The van der Waals surface area contributed by atoms with Crippen LogP contribution in [0.25, 0.3) is 0 Å². The van der Waals surface area contributed by atoms with Gasteiger partial charge in [-0.15, -0.1) is 0 Å². The summed E-state index contributed by atoms with van der Waals surface area (Å²) < 4.78 is 12.9. The highest BCUT2D eigenvalue weighted by Crippen LogP contribution is 2.17. The summed E-state index contributed by atoms with van der Waals surface area (Å²) in [6.45, 7) is 2.70. The highest BCUT2D eigenvalue weighted by atomic mass is 32.1. The lowest BCUT2D eigenvalue weighted by Crippen LogP contribution is -2.24. The van der Waals surface area contributed by atoms with Gasteiger partial charge in [-0.3, -0.25) is 14.7 Å². The van der Waals surface area contributed by atoms with Crippen molar-refractivity contribution in [3.63, 3.8) is 0 Å². The summed E-state index contributed by atoms with van der Waals surface area (Å²) in [6.07, 6.45) is 0. The minimum absolute atomic E-state index is 0.164. The molecule has 3 rings (SSSR count). The van der Waals surface area contributed by atoms with Gasteiger partial charge in [-0.2, -0.15) is 5.10 Å². The molecule has 1 heterocycles. The maximum atomic E-state index is 12.4. The van der Waals surface area contributed by atoms with Crippen LogP contribution < -0.4 is 20.1 Å². The van der Waals surface area contributed by atoms with E-state index in [2.05, 4.69) is 20.8 Å². The lowest BCUT2D eigenvalue weighted by molar-refractivity contribution is -0.118. The molecule has 0 atom stereocenters. The van der Waals surface area contributed by atoms with Gasteiger partial charge in [0, 0.05) is 23.9 Å². The van der Waals surface area contributed by atoms with Crippen LogP contribution in [0.5, 0.6) is 11.5 Å². The molecule has 0 aliphatic carbocycles. The van der Waals surface area contributed by atoms with Gasteiger partial charge in [0.25, 0.3) is 11.8 Å². The van der Waals surface area contributed by atoms with E-state index >= 15 is 0 Å². The average Bonchev–Trinajstić information content (AvgIpc) is 3.15. The number of carbonyl (C=O) groups is 2. The van der Waals surface area contributed by atoms with Crippen LogP contribution in [0.2, 0.25) is 0 Å². The summed E-state index contributed by atoms with van der Waals surface area (Å²) in [5.74, 6) is 1.22. The number of anilines is 1. The fourth-order valence-electron chi connectivity index (χ4n) is 2.82. The van der Waals surface area contributed by atoms with Crippen molar-refractivity contribution in [3.8, 4) is 11.5 Å². The molecular formula is C21H23N5O4S. The molecular weight excluding hydrogens is 418 g/mol. The van der Waals surface area contributed by atoms with Gasteiger partial charge in [-0.25, -0.2) is 0 Å². The number of benzene rings is 2. The number of hydrogen-bond donors (Lipinski definition) is 3. The molecule has 31 heavy (non-hydrogen) atoms. The Hall–Kier alpha value is -3.66. The zero-order chi connectivity index (χ0) is 22.2. The van der Waals surface area contributed by atoms with E-state index in [9.17, 15) is 9.59 Å². The van der Waals surface area contributed by atoms with Gasteiger partial charge in [0.1, 0.15) is 11.5 Å². The number of H-pyrrole nitrogens is 1. The predicted molar refractivity (Wildman–Crippen MR) is 118 cm³/mol. The molecule has 3 aromatic rings. The van der Waals surface area contributed by atoms with Gasteiger partial charge >= 0.3 is 0 Å². The standard InChI is InChI=1S/C21H23N5O4S/c1-3-26-18(24-25-21(26)31)12-22-20(28)14-7-9-16(10-8-14)30-13-19(27)23-15-5-4-6-17(11-15)29-2/h4-11H,3,12-13H2,1-2H3,(H,22,28)(H,23,27)(H,25,31). The number of amides is 2. The first kappa shape index (κ1) is 22.0. The van der Waals surface area contributed by atoms with E-state index in [4.69, 9.17) is 21.7 Å². The van der Waals surface area contributed by atoms with Crippen molar-refractivity contribution in [1.29, 1.82) is 0 Å². The number of ether oxygens (including phenoxy) is 2. The van der Waals surface area contributed by atoms with Crippen LogP contribution in [0.3, 0.4) is 0 Å². The second-order valence-electron chi connectivity index (χ2n) is 6.47.